The summed E-state index contributed by atoms with van der Waals surface area (Å²) in [6.07, 6.45) is 6.95. The molecule has 162 valence electrons. The van der Waals surface area contributed by atoms with Crippen molar-refractivity contribution in [1.29, 1.82) is 0 Å². The molecule has 31 heavy (non-hydrogen) atoms. The van der Waals surface area contributed by atoms with Crippen molar-refractivity contribution in [3.8, 4) is 0 Å². The first-order valence-electron chi connectivity index (χ1n) is 10.2. The van der Waals surface area contributed by atoms with Crippen molar-refractivity contribution in [2.24, 2.45) is 0 Å². The second kappa shape index (κ2) is 8.27. The molecule has 0 spiro atoms. The SMILES string of the molecule is O=S(=O)(NC1CCN(CCc2coc3ccccc23)CC1)c1coc2c(Cl)nccc12. The van der Waals surface area contributed by atoms with Gasteiger partial charge in [-0.15, -0.1) is 0 Å². The first kappa shape index (κ1) is 20.5. The highest BCUT2D eigenvalue weighted by Crippen LogP contribution is 2.29. The van der Waals surface area contributed by atoms with Crippen LogP contribution < -0.4 is 4.72 Å². The van der Waals surface area contributed by atoms with Crippen molar-refractivity contribution in [2.45, 2.75) is 30.2 Å². The molecule has 3 aromatic heterocycles. The summed E-state index contributed by atoms with van der Waals surface area (Å²) in [5, 5.41) is 1.75. The first-order valence-corrected chi connectivity index (χ1v) is 12.1. The lowest BCUT2D eigenvalue weighted by molar-refractivity contribution is 0.209. The van der Waals surface area contributed by atoms with Gasteiger partial charge in [-0.2, -0.15) is 0 Å². The summed E-state index contributed by atoms with van der Waals surface area (Å²) in [5.74, 6) is 0. The van der Waals surface area contributed by atoms with Crippen LogP contribution in [0.25, 0.3) is 21.9 Å². The number of fused-ring (bicyclic) bond motifs is 2. The van der Waals surface area contributed by atoms with Gasteiger partial charge >= 0.3 is 0 Å². The third kappa shape index (κ3) is 4.08. The number of likely N-dealkylation sites (tertiary alicyclic amines) is 1. The highest BCUT2D eigenvalue weighted by atomic mass is 35.5. The van der Waals surface area contributed by atoms with Gasteiger partial charge in [0.2, 0.25) is 10.0 Å². The Balaban J connectivity index is 1.19. The van der Waals surface area contributed by atoms with Crippen LogP contribution in [0.3, 0.4) is 0 Å². The molecule has 0 atom stereocenters. The highest BCUT2D eigenvalue weighted by Gasteiger charge is 2.27. The zero-order chi connectivity index (χ0) is 21.4. The summed E-state index contributed by atoms with van der Waals surface area (Å²) < 4.78 is 39.6. The van der Waals surface area contributed by atoms with Crippen molar-refractivity contribution in [1.82, 2.24) is 14.6 Å². The Morgan fingerprint density at radius 2 is 1.90 bits per heavy atom. The molecule has 4 heterocycles. The van der Waals surface area contributed by atoms with Crippen molar-refractivity contribution >= 4 is 43.6 Å². The summed E-state index contributed by atoms with van der Waals surface area (Å²) in [7, 11) is -3.71. The number of nitrogens with one attached hydrogen (secondary N) is 1. The fraction of sp³-hybridized carbons (Fsp3) is 0.318. The third-order valence-electron chi connectivity index (χ3n) is 5.87. The number of benzene rings is 1. The average molecular weight is 460 g/mol. The van der Waals surface area contributed by atoms with Gasteiger partial charge in [-0.1, -0.05) is 29.8 Å². The maximum atomic E-state index is 12.9. The standard InChI is InChI=1S/C22H22ClN3O4S/c23-22-21-18(5-9-24-22)20(14-30-21)31(27,28)25-16-7-11-26(12-8-16)10-6-15-13-29-19-4-2-1-3-17(15)19/h1-5,9,13-14,16,25H,6-8,10-12H2. The number of sulfonamides is 1. The normalized spacial score (nSPS) is 16.4. The molecule has 1 aliphatic rings. The van der Waals surface area contributed by atoms with Gasteiger partial charge in [-0.3, -0.25) is 0 Å². The van der Waals surface area contributed by atoms with Crippen molar-refractivity contribution in [3.05, 3.63) is 59.8 Å². The number of pyridine rings is 1. The smallest absolute Gasteiger partial charge is 0.244 e. The van der Waals surface area contributed by atoms with Crippen molar-refractivity contribution < 1.29 is 17.3 Å². The van der Waals surface area contributed by atoms with Gasteiger partial charge in [-0.25, -0.2) is 18.1 Å². The predicted molar refractivity (Wildman–Crippen MR) is 119 cm³/mol. The number of rotatable bonds is 6. The summed E-state index contributed by atoms with van der Waals surface area (Å²) in [6, 6.07) is 9.54. The molecule has 1 aliphatic heterocycles. The number of furan rings is 2. The summed E-state index contributed by atoms with van der Waals surface area (Å²) in [5.41, 5.74) is 2.40. The second-order valence-electron chi connectivity index (χ2n) is 7.82. The Labute approximate surface area is 185 Å². The van der Waals surface area contributed by atoms with Crippen LogP contribution >= 0.6 is 11.6 Å². The number of nitrogens with zero attached hydrogens (tertiary/aromatic N) is 2. The van der Waals surface area contributed by atoms with E-state index in [4.69, 9.17) is 20.4 Å². The molecule has 5 rings (SSSR count). The minimum Gasteiger partial charge on any atom is -0.464 e. The van der Waals surface area contributed by atoms with Gasteiger partial charge in [0.1, 0.15) is 16.7 Å². The van der Waals surface area contributed by atoms with Gasteiger partial charge in [0.15, 0.2) is 10.7 Å². The largest absolute Gasteiger partial charge is 0.464 e. The average Bonchev–Trinajstić information content (AvgIpc) is 3.39. The quantitative estimate of drug-likeness (QED) is 0.434. The molecular formula is C22H22ClN3O4S. The molecule has 0 amide bonds. The molecule has 0 saturated carbocycles. The number of piperidine rings is 1. The molecule has 1 saturated heterocycles. The van der Waals surface area contributed by atoms with E-state index in [-0.39, 0.29) is 21.7 Å². The lowest BCUT2D eigenvalue weighted by Gasteiger charge is -2.32. The molecule has 0 bridgehead atoms. The van der Waals surface area contributed by atoms with Crippen LogP contribution in [-0.4, -0.2) is 44.0 Å². The molecule has 1 fully saturated rings. The Kier molecular flexibility index (Phi) is 5.47. The van der Waals surface area contributed by atoms with Crippen LogP contribution in [0.2, 0.25) is 5.15 Å². The Morgan fingerprint density at radius 1 is 1.10 bits per heavy atom. The van der Waals surface area contributed by atoms with Crippen LogP contribution in [0.5, 0.6) is 0 Å². The van der Waals surface area contributed by atoms with E-state index in [2.05, 4.69) is 20.7 Å². The summed E-state index contributed by atoms with van der Waals surface area (Å²) in [4.78, 5) is 6.39. The van der Waals surface area contributed by atoms with Crippen LogP contribution in [0.15, 0.2) is 62.8 Å². The maximum absolute atomic E-state index is 12.9. The fourth-order valence-electron chi connectivity index (χ4n) is 4.18. The number of hydrogen-bond acceptors (Lipinski definition) is 6. The Hall–Kier alpha value is -2.39. The molecule has 4 aromatic rings. The van der Waals surface area contributed by atoms with Crippen LogP contribution in [0.1, 0.15) is 18.4 Å². The number of halogens is 1. The molecule has 7 nitrogen and oxygen atoms in total. The van der Waals surface area contributed by atoms with E-state index < -0.39 is 10.0 Å². The molecule has 1 N–H and O–H groups in total. The Bertz CT molecular complexity index is 1320. The first-order chi connectivity index (χ1) is 15.0. The van der Waals surface area contributed by atoms with Crippen LogP contribution in [-0.2, 0) is 16.4 Å². The second-order valence-corrected chi connectivity index (χ2v) is 9.86. The zero-order valence-corrected chi connectivity index (χ0v) is 18.3. The van der Waals surface area contributed by atoms with E-state index in [0.717, 1.165) is 49.9 Å². The summed E-state index contributed by atoms with van der Waals surface area (Å²) >= 11 is 6.00. The number of para-hydroxylation sites is 1. The van der Waals surface area contributed by atoms with E-state index in [9.17, 15) is 8.42 Å². The van der Waals surface area contributed by atoms with Crippen molar-refractivity contribution in [2.75, 3.05) is 19.6 Å². The molecule has 9 heteroatoms. The maximum Gasteiger partial charge on any atom is 0.244 e. The summed E-state index contributed by atoms with van der Waals surface area (Å²) in [6.45, 7) is 2.59. The fourth-order valence-corrected chi connectivity index (χ4v) is 5.80. The van der Waals surface area contributed by atoms with E-state index >= 15 is 0 Å². The van der Waals surface area contributed by atoms with Gasteiger partial charge in [0, 0.05) is 29.6 Å². The monoisotopic (exact) mass is 459 g/mol. The number of hydrogen-bond donors (Lipinski definition) is 1. The lowest BCUT2D eigenvalue weighted by atomic mass is 10.0. The third-order valence-corrected chi connectivity index (χ3v) is 7.68. The highest BCUT2D eigenvalue weighted by molar-refractivity contribution is 7.89. The topological polar surface area (TPSA) is 88.6 Å². The van der Waals surface area contributed by atoms with E-state index in [1.807, 2.05) is 24.5 Å². The Morgan fingerprint density at radius 3 is 2.74 bits per heavy atom. The van der Waals surface area contributed by atoms with Gasteiger partial charge in [0.05, 0.1) is 6.26 Å². The molecular weight excluding hydrogens is 438 g/mol. The predicted octanol–water partition coefficient (Wildman–Crippen LogP) is 4.21. The molecule has 0 radical (unpaired) electrons. The number of aromatic nitrogens is 1. The minimum atomic E-state index is -3.71. The zero-order valence-electron chi connectivity index (χ0n) is 16.8. The van der Waals surface area contributed by atoms with Gasteiger partial charge in [-0.05, 0) is 50.0 Å². The van der Waals surface area contributed by atoms with E-state index in [0.29, 0.717) is 5.39 Å². The molecule has 0 unspecified atom stereocenters. The molecule has 0 aliphatic carbocycles. The van der Waals surface area contributed by atoms with Crippen LogP contribution in [0.4, 0.5) is 0 Å². The van der Waals surface area contributed by atoms with Crippen molar-refractivity contribution in [3.63, 3.8) is 0 Å². The van der Waals surface area contributed by atoms with Gasteiger partial charge in [0.25, 0.3) is 0 Å². The molecule has 1 aromatic carbocycles. The van der Waals surface area contributed by atoms with E-state index in [1.54, 1.807) is 6.07 Å². The van der Waals surface area contributed by atoms with Gasteiger partial charge < -0.3 is 13.7 Å². The van der Waals surface area contributed by atoms with E-state index in [1.165, 1.54) is 18.0 Å². The van der Waals surface area contributed by atoms with Crippen LogP contribution in [0, 0.1) is 0 Å². The lowest BCUT2D eigenvalue weighted by Crippen LogP contribution is -2.45. The minimum absolute atomic E-state index is 0.0982.